The monoisotopic (exact) mass is 1180 g/mol. The summed E-state index contributed by atoms with van der Waals surface area (Å²) in [5.41, 5.74) is 4.93. The first-order valence-corrected chi connectivity index (χ1v) is 29.0. The molecule has 0 saturated carbocycles. The third-order valence-electron chi connectivity index (χ3n) is 14.5. The Kier molecular flexibility index (Phi) is 21.2. The molecule has 20 heteroatoms. The van der Waals surface area contributed by atoms with Crippen LogP contribution < -0.4 is 0 Å². The van der Waals surface area contributed by atoms with E-state index in [0.29, 0.717) is 5.56 Å². The highest BCUT2D eigenvalue weighted by Gasteiger charge is 2.60. The van der Waals surface area contributed by atoms with Crippen LogP contribution >= 0.6 is 8.25 Å². The molecule has 2 fully saturated rings. The van der Waals surface area contributed by atoms with Gasteiger partial charge in [-0.2, -0.15) is 0 Å². The number of non-ortho nitro benzene ring substituents is 1. The fourth-order valence-corrected chi connectivity index (χ4v) is 11.2. The number of carbonyl (C=O) groups is 3. The van der Waals surface area contributed by atoms with Gasteiger partial charge in [-0.3, -0.25) is 29.4 Å². The normalized spacial score (nSPS) is 23.1. The van der Waals surface area contributed by atoms with Gasteiger partial charge in [0, 0.05) is 23.6 Å². The first kappa shape index (κ1) is 60.4. The topological polar surface area (TPSA) is 216 Å². The Balaban J connectivity index is 1.00. The van der Waals surface area contributed by atoms with E-state index in [0.717, 1.165) is 39.6 Å². The van der Waals surface area contributed by atoms with Gasteiger partial charge in [0.1, 0.15) is 36.6 Å². The van der Waals surface area contributed by atoms with Crippen LogP contribution in [0.15, 0.2) is 200 Å². The second-order valence-corrected chi connectivity index (χ2v) is 21.3. The van der Waals surface area contributed by atoms with Gasteiger partial charge in [0.15, 0.2) is 18.5 Å². The molecule has 3 heterocycles. The predicted molar refractivity (Wildman–Crippen MR) is 307 cm³/mol. The van der Waals surface area contributed by atoms with E-state index in [2.05, 4.69) is 0 Å². The standard InChI is InChI=1S/C65H64N2O17P/c1-44(68)80-59-56(66-62(69)52-29-17-18-30-53(52)63(66)70)64(76-36-35-45-31-33-51(34-32-45)67(71)72)81-55(43-75-38-47-21-9-3-10-22-47)58(59)83-85(73)84-65-61(79-41-50-27-15-6-16-28-50)60(78-40-49-25-13-5-14-26-49)57(77-39-48-23-11-4-12-24-48)54(82-65)42-74-37-46-19-7-2-8-20-46/h2-34,54-61,64-65H,35-43H2,1H3/q+1/t54-,55-,56-,57+,58-,59-,60+,61-,64-,65?/m1/s1. The molecular weight excluding hydrogens is 1110 g/mol. The van der Waals surface area contributed by atoms with E-state index < -0.39 is 92.3 Å². The van der Waals surface area contributed by atoms with Gasteiger partial charge in [0.2, 0.25) is 6.29 Å². The van der Waals surface area contributed by atoms with Crippen molar-refractivity contribution in [3.8, 4) is 0 Å². The minimum atomic E-state index is -3.41. The average molecular weight is 1180 g/mol. The molecule has 2 saturated heterocycles. The summed E-state index contributed by atoms with van der Waals surface area (Å²) in [6, 6.07) is 58.0. The van der Waals surface area contributed by atoms with Crippen molar-refractivity contribution in [2.24, 2.45) is 0 Å². The van der Waals surface area contributed by atoms with Gasteiger partial charge >= 0.3 is 14.2 Å². The van der Waals surface area contributed by atoms with Crippen molar-refractivity contribution in [2.45, 2.75) is 108 Å². The molecule has 0 N–H and O–H groups in total. The molecule has 7 aromatic carbocycles. The Bertz CT molecular complexity index is 3260. The van der Waals surface area contributed by atoms with Gasteiger partial charge in [0.05, 0.1) is 68.9 Å². The molecular formula is C65H64N2O17P+. The second kappa shape index (κ2) is 29.9. The number of amides is 2. The lowest BCUT2D eigenvalue weighted by Gasteiger charge is -2.46. The number of hydrogen-bond acceptors (Lipinski definition) is 17. The molecule has 85 heavy (non-hydrogen) atoms. The Morgan fingerprint density at radius 3 is 1.39 bits per heavy atom. The Morgan fingerprint density at radius 1 is 0.494 bits per heavy atom. The Labute approximate surface area is 492 Å². The fraction of sp³-hybridized carbons (Fsp3) is 0.308. The van der Waals surface area contributed by atoms with Gasteiger partial charge in [-0.1, -0.05) is 180 Å². The summed E-state index contributed by atoms with van der Waals surface area (Å²) in [5, 5.41) is 11.4. The summed E-state index contributed by atoms with van der Waals surface area (Å²) < 4.78 is 87.5. The molecule has 0 aromatic heterocycles. The zero-order valence-corrected chi connectivity index (χ0v) is 47.4. The predicted octanol–water partition coefficient (Wildman–Crippen LogP) is 10.4. The highest BCUT2D eigenvalue weighted by Crippen LogP contribution is 2.43. The van der Waals surface area contributed by atoms with E-state index >= 15 is 4.57 Å². The van der Waals surface area contributed by atoms with Crippen molar-refractivity contribution < 1.29 is 75.6 Å². The van der Waals surface area contributed by atoms with Crippen LogP contribution in [0.2, 0.25) is 0 Å². The smallest absolute Gasteiger partial charge is 0.457 e. The molecule has 11 atom stereocenters. The van der Waals surface area contributed by atoms with E-state index in [1.54, 1.807) is 24.3 Å². The van der Waals surface area contributed by atoms with Crippen LogP contribution in [0.4, 0.5) is 5.69 Å². The highest BCUT2D eigenvalue weighted by atomic mass is 31.1. The molecule has 0 bridgehead atoms. The van der Waals surface area contributed by atoms with E-state index in [4.69, 9.17) is 51.7 Å². The molecule has 0 aliphatic carbocycles. The van der Waals surface area contributed by atoms with Crippen LogP contribution in [0.1, 0.15) is 61.0 Å². The number of rotatable bonds is 28. The number of nitrogens with zero attached hydrogens (tertiary/aromatic N) is 2. The maximum atomic E-state index is 15.3. The lowest BCUT2D eigenvalue weighted by atomic mass is 9.95. The van der Waals surface area contributed by atoms with Crippen molar-refractivity contribution in [3.63, 3.8) is 0 Å². The largest absolute Gasteiger partial charge is 0.700 e. The van der Waals surface area contributed by atoms with Crippen LogP contribution in [0.25, 0.3) is 0 Å². The number of esters is 1. The van der Waals surface area contributed by atoms with E-state index in [-0.39, 0.29) is 76.1 Å². The molecule has 3 aliphatic heterocycles. The first-order chi connectivity index (χ1) is 41.6. The number of carbonyl (C=O) groups excluding carboxylic acids is 3. The van der Waals surface area contributed by atoms with Crippen LogP contribution in [0.3, 0.4) is 0 Å². The summed E-state index contributed by atoms with van der Waals surface area (Å²) in [6.45, 7) is 1.23. The van der Waals surface area contributed by atoms with E-state index in [9.17, 15) is 24.5 Å². The van der Waals surface area contributed by atoms with Crippen molar-refractivity contribution in [3.05, 3.63) is 255 Å². The van der Waals surface area contributed by atoms with Crippen molar-refractivity contribution in [1.29, 1.82) is 0 Å². The summed E-state index contributed by atoms with van der Waals surface area (Å²) >= 11 is 0. The first-order valence-electron chi connectivity index (χ1n) is 27.9. The van der Waals surface area contributed by atoms with Gasteiger partial charge in [-0.25, -0.2) is 0 Å². The summed E-state index contributed by atoms with van der Waals surface area (Å²) in [7, 11) is -3.41. The number of ether oxygens (including phenoxy) is 9. The number of benzene rings is 7. The minimum Gasteiger partial charge on any atom is -0.457 e. The zero-order chi connectivity index (χ0) is 58.9. The molecule has 2 amide bonds. The van der Waals surface area contributed by atoms with Gasteiger partial charge in [0.25, 0.3) is 17.5 Å². The number of nitro benzene ring substituents is 1. The van der Waals surface area contributed by atoms with Gasteiger partial charge in [-0.15, -0.1) is 4.52 Å². The molecule has 0 radical (unpaired) electrons. The molecule has 0 spiro atoms. The highest BCUT2D eigenvalue weighted by molar-refractivity contribution is 7.33. The SMILES string of the molecule is CC(=O)O[C@H]1[C@H](O[P+](=O)OC2O[C@H](COCc3ccccc3)[C@H](OCc3ccccc3)[C@H](OCc3ccccc3)[C@H]2OCc2ccccc2)[C@@H](COCc2ccccc2)O[C@@H](OCCc2ccc([N+](=O)[O-])cc2)[C@@H]1N1C(=O)c2ccccc2C1=O. The zero-order valence-electron chi connectivity index (χ0n) is 46.5. The summed E-state index contributed by atoms with van der Waals surface area (Å²) in [6.07, 6.45) is -11.5. The van der Waals surface area contributed by atoms with Crippen molar-refractivity contribution in [1.82, 2.24) is 4.90 Å². The van der Waals surface area contributed by atoms with Crippen LogP contribution in [0.5, 0.6) is 0 Å². The second-order valence-electron chi connectivity index (χ2n) is 20.4. The van der Waals surface area contributed by atoms with Gasteiger partial charge < -0.3 is 42.6 Å². The third-order valence-corrected chi connectivity index (χ3v) is 15.3. The maximum absolute atomic E-state index is 15.3. The summed E-state index contributed by atoms with van der Waals surface area (Å²) in [4.78, 5) is 54.5. The quantitative estimate of drug-likeness (QED) is 0.0146. The molecule has 3 aliphatic rings. The molecule has 2 unspecified atom stereocenters. The van der Waals surface area contributed by atoms with Crippen LogP contribution in [-0.2, 0) is 100 Å². The Morgan fingerprint density at radius 2 is 0.918 bits per heavy atom. The van der Waals surface area contributed by atoms with Gasteiger partial charge in [-0.05, 0) is 51.9 Å². The molecule has 7 aromatic rings. The molecule has 10 rings (SSSR count). The number of hydrogen-bond donors (Lipinski definition) is 0. The average Bonchev–Trinajstić information content (AvgIpc) is 2.00. The van der Waals surface area contributed by atoms with Crippen LogP contribution in [-0.4, -0.2) is 109 Å². The summed E-state index contributed by atoms with van der Waals surface area (Å²) in [5.74, 6) is -2.34. The number of fused-ring (bicyclic) bond motifs is 1. The number of nitro groups is 1. The fourth-order valence-electron chi connectivity index (χ4n) is 10.4. The van der Waals surface area contributed by atoms with Crippen molar-refractivity contribution >= 4 is 31.7 Å². The minimum absolute atomic E-state index is 0.0253. The number of imide groups is 1. The molecule has 440 valence electrons. The van der Waals surface area contributed by atoms with Crippen molar-refractivity contribution in [2.75, 3.05) is 19.8 Å². The van der Waals surface area contributed by atoms with E-state index in [1.807, 2.05) is 152 Å². The van der Waals surface area contributed by atoms with Crippen LogP contribution in [0, 0.1) is 10.1 Å². The maximum Gasteiger partial charge on any atom is 0.700 e. The third kappa shape index (κ3) is 16.0. The lowest BCUT2D eigenvalue weighted by Crippen LogP contribution is -2.67. The van der Waals surface area contributed by atoms with E-state index in [1.165, 1.54) is 24.3 Å². The lowest BCUT2D eigenvalue weighted by molar-refractivity contribution is -0.384. The molecule has 19 nitrogen and oxygen atoms in total. The Hall–Kier alpha value is -7.75.